The summed E-state index contributed by atoms with van der Waals surface area (Å²) in [6.07, 6.45) is 1.64. The van der Waals surface area contributed by atoms with Gasteiger partial charge in [-0.15, -0.1) is 28.1 Å². The maximum Gasteiger partial charge on any atom is 0.236 e. The topological polar surface area (TPSA) is 102 Å². The maximum atomic E-state index is 13.0. The highest BCUT2D eigenvalue weighted by molar-refractivity contribution is 7.99. The van der Waals surface area contributed by atoms with Crippen LogP contribution < -0.4 is 10.6 Å². The number of carbonyl (C=O) groups is 2. The second-order valence-electron chi connectivity index (χ2n) is 6.16. The van der Waals surface area contributed by atoms with Crippen molar-refractivity contribution in [3.8, 4) is 0 Å². The minimum absolute atomic E-state index is 0.0244. The molecule has 0 unspecified atom stereocenters. The lowest BCUT2D eigenvalue weighted by molar-refractivity contribution is -0.116. The van der Waals surface area contributed by atoms with E-state index >= 15 is 0 Å². The van der Waals surface area contributed by atoms with Gasteiger partial charge in [0.15, 0.2) is 10.3 Å². The minimum Gasteiger partial charge on any atom is -0.326 e. The Labute approximate surface area is 180 Å². The molecular formula is C19H19FN6O2S2. The van der Waals surface area contributed by atoms with Gasteiger partial charge in [-0.05, 0) is 31.2 Å². The predicted octanol–water partition coefficient (Wildman–Crippen LogP) is 3.28. The fraction of sp³-hybridized carbons (Fsp3) is 0.211. The lowest BCUT2D eigenvalue weighted by Gasteiger charge is -2.08. The number of allylic oxidation sites excluding steroid dienone is 1. The van der Waals surface area contributed by atoms with Crippen molar-refractivity contribution in [3.63, 3.8) is 0 Å². The van der Waals surface area contributed by atoms with Crippen molar-refractivity contribution in [2.75, 3.05) is 16.4 Å². The number of aryl methyl sites for hydroxylation is 1. The molecule has 2 amide bonds. The molecule has 0 saturated carbocycles. The molecule has 30 heavy (non-hydrogen) atoms. The summed E-state index contributed by atoms with van der Waals surface area (Å²) in [5, 5.41) is 16.5. The van der Waals surface area contributed by atoms with E-state index < -0.39 is 0 Å². The number of hydrogen-bond donors (Lipinski definition) is 2. The van der Waals surface area contributed by atoms with E-state index in [1.54, 1.807) is 10.6 Å². The Kier molecular flexibility index (Phi) is 7.31. The molecule has 0 fully saturated rings. The van der Waals surface area contributed by atoms with Crippen molar-refractivity contribution < 1.29 is 14.0 Å². The number of nitrogens with zero attached hydrogens (tertiary/aromatic N) is 4. The lowest BCUT2D eigenvalue weighted by Crippen LogP contribution is -2.18. The zero-order chi connectivity index (χ0) is 21.5. The van der Waals surface area contributed by atoms with Crippen LogP contribution in [0, 0.1) is 12.7 Å². The van der Waals surface area contributed by atoms with Crippen LogP contribution in [-0.2, 0) is 22.6 Å². The number of thioether (sulfide) groups is 1. The molecule has 3 aromatic rings. The van der Waals surface area contributed by atoms with Crippen LogP contribution >= 0.6 is 23.1 Å². The quantitative estimate of drug-likeness (QED) is 0.386. The third kappa shape index (κ3) is 5.97. The Hall–Kier alpha value is -3.05. The highest BCUT2D eigenvalue weighted by Crippen LogP contribution is 2.20. The van der Waals surface area contributed by atoms with Gasteiger partial charge in [-0.2, -0.15) is 0 Å². The SMILES string of the molecule is C=CCn1c(CC(=O)Nc2ccc(F)cc2)nnc1SCC(=O)Nc1nc(C)cs1. The molecule has 156 valence electrons. The monoisotopic (exact) mass is 446 g/mol. The second-order valence-corrected chi connectivity index (χ2v) is 7.96. The van der Waals surface area contributed by atoms with E-state index in [1.165, 1.54) is 47.4 Å². The van der Waals surface area contributed by atoms with Gasteiger partial charge in [-0.1, -0.05) is 17.8 Å². The Morgan fingerprint density at radius 1 is 1.23 bits per heavy atom. The van der Waals surface area contributed by atoms with Crippen LogP contribution in [0.1, 0.15) is 11.5 Å². The van der Waals surface area contributed by atoms with Gasteiger partial charge < -0.3 is 15.2 Å². The van der Waals surface area contributed by atoms with Crippen LogP contribution in [0.25, 0.3) is 0 Å². The number of rotatable bonds is 9. The average Bonchev–Trinajstić information content (AvgIpc) is 3.28. The van der Waals surface area contributed by atoms with Crippen LogP contribution in [-0.4, -0.2) is 37.3 Å². The zero-order valence-corrected chi connectivity index (χ0v) is 17.7. The van der Waals surface area contributed by atoms with Crippen molar-refractivity contribution in [2.24, 2.45) is 0 Å². The first-order valence-corrected chi connectivity index (χ1v) is 10.7. The first-order chi connectivity index (χ1) is 14.4. The number of halogens is 1. The molecule has 0 bridgehead atoms. The lowest BCUT2D eigenvalue weighted by atomic mass is 10.3. The van der Waals surface area contributed by atoms with Gasteiger partial charge in [-0.25, -0.2) is 9.37 Å². The summed E-state index contributed by atoms with van der Waals surface area (Å²) >= 11 is 2.57. The molecular weight excluding hydrogens is 427 g/mol. The molecule has 0 aliphatic rings. The van der Waals surface area contributed by atoms with Crippen molar-refractivity contribution >= 4 is 45.7 Å². The van der Waals surface area contributed by atoms with Gasteiger partial charge in [0.2, 0.25) is 11.8 Å². The van der Waals surface area contributed by atoms with Crippen molar-refractivity contribution in [2.45, 2.75) is 25.0 Å². The van der Waals surface area contributed by atoms with E-state index in [1.807, 2.05) is 12.3 Å². The highest BCUT2D eigenvalue weighted by Gasteiger charge is 2.17. The number of benzene rings is 1. The van der Waals surface area contributed by atoms with Crippen LogP contribution in [0.4, 0.5) is 15.2 Å². The summed E-state index contributed by atoms with van der Waals surface area (Å²) in [4.78, 5) is 28.7. The van der Waals surface area contributed by atoms with Crippen LogP contribution in [0.15, 0.2) is 47.5 Å². The van der Waals surface area contributed by atoms with Crippen molar-refractivity contribution in [1.82, 2.24) is 19.7 Å². The van der Waals surface area contributed by atoms with Crippen molar-refractivity contribution in [3.05, 3.63) is 59.6 Å². The van der Waals surface area contributed by atoms with E-state index in [2.05, 4.69) is 32.4 Å². The standard InChI is InChI=1S/C19H19FN6O2S2/c1-3-8-26-15(9-16(27)22-14-6-4-13(20)5-7-14)24-25-19(26)30-11-17(28)23-18-21-12(2)10-29-18/h3-7,10H,1,8-9,11H2,2H3,(H,22,27)(H,21,23,28). The van der Waals surface area contributed by atoms with Gasteiger partial charge >= 0.3 is 0 Å². The van der Waals surface area contributed by atoms with Crippen LogP contribution in [0.2, 0.25) is 0 Å². The van der Waals surface area contributed by atoms with Gasteiger partial charge in [0, 0.05) is 17.6 Å². The minimum atomic E-state index is -0.380. The first kappa shape index (κ1) is 21.7. The Balaban J connectivity index is 1.60. The number of carbonyl (C=O) groups excluding carboxylic acids is 2. The third-order valence-corrected chi connectivity index (χ3v) is 5.59. The summed E-state index contributed by atoms with van der Waals surface area (Å²) in [5.41, 5.74) is 1.33. The molecule has 0 spiro atoms. The molecule has 11 heteroatoms. The molecule has 0 aliphatic carbocycles. The van der Waals surface area contributed by atoms with Gasteiger partial charge in [0.25, 0.3) is 0 Å². The smallest absolute Gasteiger partial charge is 0.236 e. The van der Waals surface area contributed by atoms with Crippen molar-refractivity contribution in [1.29, 1.82) is 0 Å². The molecule has 1 aromatic carbocycles. The van der Waals surface area contributed by atoms with Crippen LogP contribution in [0.5, 0.6) is 0 Å². The highest BCUT2D eigenvalue weighted by atomic mass is 32.2. The summed E-state index contributed by atoms with van der Waals surface area (Å²) < 4.78 is 14.7. The van der Waals surface area contributed by atoms with Gasteiger partial charge in [-0.3, -0.25) is 9.59 Å². The molecule has 2 heterocycles. The Morgan fingerprint density at radius 2 is 2.00 bits per heavy atom. The normalized spacial score (nSPS) is 10.6. The van der Waals surface area contributed by atoms with E-state index in [0.717, 1.165) is 5.69 Å². The number of thiazole rings is 1. The van der Waals surface area contributed by atoms with Gasteiger partial charge in [0.05, 0.1) is 17.9 Å². The molecule has 0 radical (unpaired) electrons. The Bertz CT molecular complexity index is 1050. The number of aromatic nitrogens is 4. The van der Waals surface area contributed by atoms with E-state index in [4.69, 9.17) is 0 Å². The second kappa shape index (κ2) is 10.1. The fourth-order valence-electron chi connectivity index (χ4n) is 2.45. The number of nitrogens with one attached hydrogen (secondary N) is 2. The summed E-state index contributed by atoms with van der Waals surface area (Å²) in [6.45, 7) is 5.96. The van der Waals surface area contributed by atoms with Gasteiger partial charge in [0.1, 0.15) is 11.6 Å². The number of amides is 2. The molecule has 3 rings (SSSR count). The Morgan fingerprint density at radius 3 is 2.67 bits per heavy atom. The largest absolute Gasteiger partial charge is 0.326 e. The number of anilines is 2. The first-order valence-electron chi connectivity index (χ1n) is 8.87. The van der Waals surface area contributed by atoms with E-state index in [0.29, 0.717) is 28.3 Å². The molecule has 0 atom stereocenters. The summed E-state index contributed by atoms with van der Waals surface area (Å²) in [7, 11) is 0. The van der Waals surface area contributed by atoms with E-state index in [-0.39, 0.29) is 29.8 Å². The van der Waals surface area contributed by atoms with E-state index in [9.17, 15) is 14.0 Å². The summed E-state index contributed by atoms with van der Waals surface area (Å²) in [5.74, 6) is -0.344. The predicted molar refractivity (Wildman–Crippen MR) is 115 cm³/mol. The molecule has 2 aromatic heterocycles. The fourth-order valence-corrected chi connectivity index (χ4v) is 3.92. The zero-order valence-electron chi connectivity index (χ0n) is 16.1. The number of hydrogen-bond acceptors (Lipinski definition) is 7. The molecule has 0 saturated heterocycles. The molecule has 2 N–H and O–H groups in total. The average molecular weight is 447 g/mol. The molecule has 8 nitrogen and oxygen atoms in total. The molecule has 0 aliphatic heterocycles. The maximum absolute atomic E-state index is 13.0. The van der Waals surface area contributed by atoms with Crippen LogP contribution in [0.3, 0.4) is 0 Å². The third-order valence-electron chi connectivity index (χ3n) is 3.75. The summed E-state index contributed by atoms with van der Waals surface area (Å²) in [6, 6.07) is 5.49.